The van der Waals surface area contributed by atoms with E-state index in [9.17, 15) is 14.0 Å². The number of ether oxygens (including phenoxy) is 1. The first-order chi connectivity index (χ1) is 11.5. The predicted molar refractivity (Wildman–Crippen MR) is 90.0 cm³/mol. The summed E-state index contributed by atoms with van der Waals surface area (Å²) in [6.07, 6.45) is 2.28. The topological polar surface area (TPSA) is 77.6 Å². The molecule has 1 fully saturated rings. The van der Waals surface area contributed by atoms with Crippen molar-refractivity contribution in [3.63, 3.8) is 0 Å². The van der Waals surface area contributed by atoms with E-state index in [1.165, 1.54) is 12.3 Å². The molecule has 1 saturated heterocycles. The molecule has 6 nitrogen and oxygen atoms in total. The van der Waals surface area contributed by atoms with E-state index in [1.807, 2.05) is 11.8 Å². The number of nitrogens with two attached hydrogens (primary N) is 1. The zero-order valence-corrected chi connectivity index (χ0v) is 13.5. The minimum absolute atomic E-state index is 0.116. The monoisotopic (exact) mass is 333 g/mol. The van der Waals surface area contributed by atoms with Crippen LogP contribution in [0.25, 0.3) is 10.9 Å². The van der Waals surface area contributed by atoms with E-state index < -0.39 is 17.2 Å². The third-order valence-electron chi connectivity index (χ3n) is 4.23. The number of benzene rings is 1. The second kappa shape index (κ2) is 6.60. The quantitative estimate of drug-likeness (QED) is 0.919. The minimum atomic E-state index is -0.801. The highest BCUT2D eigenvalue weighted by Gasteiger charge is 2.19. The van der Waals surface area contributed by atoms with Crippen molar-refractivity contribution in [2.45, 2.75) is 19.9 Å². The first-order valence-corrected chi connectivity index (χ1v) is 8.02. The Morgan fingerprint density at radius 1 is 1.33 bits per heavy atom. The fourth-order valence-corrected chi connectivity index (χ4v) is 3.05. The molecule has 0 unspecified atom stereocenters. The van der Waals surface area contributed by atoms with Crippen molar-refractivity contribution in [1.82, 2.24) is 4.57 Å². The van der Waals surface area contributed by atoms with Crippen LogP contribution in [0.4, 0.5) is 10.1 Å². The van der Waals surface area contributed by atoms with Crippen molar-refractivity contribution in [2.75, 3.05) is 31.2 Å². The predicted octanol–water partition coefficient (Wildman–Crippen LogP) is 1.49. The molecule has 2 aromatic rings. The number of rotatable bonds is 4. The van der Waals surface area contributed by atoms with E-state index in [0.717, 1.165) is 6.42 Å². The zero-order chi connectivity index (χ0) is 17.3. The van der Waals surface area contributed by atoms with Gasteiger partial charge in [-0.1, -0.05) is 6.92 Å². The number of carbonyl (C=O) groups is 1. The average Bonchev–Trinajstić information content (AvgIpc) is 2.57. The minimum Gasteiger partial charge on any atom is -0.378 e. The Balaban J connectivity index is 2.24. The van der Waals surface area contributed by atoms with Gasteiger partial charge in [0.2, 0.25) is 5.43 Å². The summed E-state index contributed by atoms with van der Waals surface area (Å²) in [6.45, 7) is 4.87. The van der Waals surface area contributed by atoms with E-state index in [0.29, 0.717) is 44.1 Å². The summed E-state index contributed by atoms with van der Waals surface area (Å²) in [5, 5.41) is 0.175. The number of halogens is 1. The van der Waals surface area contributed by atoms with Gasteiger partial charge in [0, 0.05) is 31.2 Å². The molecule has 24 heavy (non-hydrogen) atoms. The molecule has 1 aliphatic heterocycles. The van der Waals surface area contributed by atoms with E-state index in [2.05, 4.69) is 0 Å². The van der Waals surface area contributed by atoms with Crippen LogP contribution in [0.3, 0.4) is 0 Å². The van der Waals surface area contributed by atoms with Crippen molar-refractivity contribution in [3.8, 4) is 0 Å². The van der Waals surface area contributed by atoms with Gasteiger partial charge < -0.3 is 19.9 Å². The van der Waals surface area contributed by atoms with Crippen LogP contribution in [0.2, 0.25) is 0 Å². The summed E-state index contributed by atoms with van der Waals surface area (Å²) >= 11 is 0. The normalized spacial score (nSPS) is 15.0. The fraction of sp³-hybridized carbons (Fsp3) is 0.412. The molecule has 0 spiro atoms. The number of carbonyl (C=O) groups excluding carboxylic acids is 1. The Hall–Kier alpha value is -2.41. The van der Waals surface area contributed by atoms with E-state index in [1.54, 1.807) is 10.6 Å². The van der Waals surface area contributed by atoms with Crippen LogP contribution < -0.4 is 16.1 Å². The van der Waals surface area contributed by atoms with Gasteiger partial charge in [-0.15, -0.1) is 0 Å². The lowest BCUT2D eigenvalue weighted by Gasteiger charge is -2.29. The number of anilines is 1. The van der Waals surface area contributed by atoms with Crippen LogP contribution in [0, 0.1) is 5.82 Å². The highest BCUT2D eigenvalue weighted by Crippen LogP contribution is 2.26. The average molecular weight is 333 g/mol. The van der Waals surface area contributed by atoms with Crippen LogP contribution in [-0.2, 0) is 11.3 Å². The van der Waals surface area contributed by atoms with Gasteiger partial charge in [-0.3, -0.25) is 9.59 Å². The number of amides is 1. The Labute approximate surface area is 138 Å². The van der Waals surface area contributed by atoms with Crippen LogP contribution in [0.5, 0.6) is 0 Å². The molecule has 1 aromatic carbocycles. The third-order valence-corrected chi connectivity index (χ3v) is 4.23. The van der Waals surface area contributed by atoms with Gasteiger partial charge in [0.1, 0.15) is 11.4 Å². The lowest BCUT2D eigenvalue weighted by Crippen LogP contribution is -2.36. The molecule has 1 aliphatic rings. The Morgan fingerprint density at radius 3 is 2.67 bits per heavy atom. The molecular weight excluding hydrogens is 313 g/mol. The Morgan fingerprint density at radius 2 is 2.04 bits per heavy atom. The molecular formula is C17H20FN3O3. The molecule has 2 heterocycles. The van der Waals surface area contributed by atoms with Crippen LogP contribution in [0.15, 0.2) is 23.1 Å². The first-order valence-electron chi connectivity index (χ1n) is 8.02. The second-order valence-electron chi connectivity index (χ2n) is 5.85. The highest BCUT2D eigenvalue weighted by molar-refractivity contribution is 5.96. The summed E-state index contributed by atoms with van der Waals surface area (Å²) in [4.78, 5) is 25.9. The van der Waals surface area contributed by atoms with Gasteiger partial charge >= 0.3 is 0 Å². The number of hydrogen-bond acceptors (Lipinski definition) is 4. The summed E-state index contributed by atoms with van der Waals surface area (Å²) in [5.74, 6) is -1.28. The maximum atomic E-state index is 14.6. The van der Waals surface area contributed by atoms with Gasteiger partial charge in [0.25, 0.3) is 5.91 Å². The zero-order valence-electron chi connectivity index (χ0n) is 13.5. The van der Waals surface area contributed by atoms with Gasteiger partial charge in [-0.25, -0.2) is 4.39 Å². The SMILES string of the molecule is CCCn1cc(C(N)=O)c(=O)c2cc(F)c(N3CCOCC3)cc21. The lowest BCUT2D eigenvalue weighted by atomic mass is 10.1. The largest absolute Gasteiger partial charge is 0.378 e. The number of fused-ring (bicyclic) bond motifs is 1. The summed E-state index contributed by atoms with van der Waals surface area (Å²) in [5.41, 5.74) is 5.69. The number of hydrogen-bond donors (Lipinski definition) is 1. The van der Waals surface area contributed by atoms with Crippen LogP contribution in [-0.4, -0.2) is 36.8 Å². The van der Waals surface area contributed by atoms with Gasteiger partial charge in [-0.05, 0) is 18.6 Å². The summed E-state index contributed by atoms with van der Waals surface area (Å²) < 4.78 is 21.7. The molecule has 0 atom stereocenters. The molecule has 3 rings (SSSR count). The fourth-order valence-electron chi connectivity index (χ4n) is 3.05. The van der Waals surface area contributed by atoms with Crippen molar-refractivity contribution in [2.24, 2.45) is 5.73 Å². The highest BCUT2D eigenvalue weighted by atomic mass is 19.1. The Bertz CT molecular complexity index is 841. The summed E-state index contributed by atoms with van der Waals surface area (Å²) in [7, 11) is 0. The maximum absolute atomic E-state index is 14.6. The number of primary amides is 1. The van der Waals surface area contributed by atoms with E-state index >= 15 is 0 Å². The molecule has 0 radical (unpaired) electrons. The molecule has 0 aliphatic carbocycles. The molecule has 7 heteroatoms. The molecule has 1 aromatic heterocycles. The maximum Gasteiger partial charge on any atom is 0.254 e. The number of pyridine rings is 1. The second-order valence-corrected chi connectivity index (χ2v) is 5.85. The Kier molecular flexibility index (Phi) is 4.53. The molecule has 128 valence electrons. The molecule has 1 amide bonds. The number of morpholine rings is 1. The standard InChI is InChI=1S/C17H20FN3O3/c1-2-3-21-10-12(17(19)23)16(22)11-8-13(18)15(9-14(11)21)20-4-6-24-7-5-20/h8-10H,2-7H2,1H3,(H2,19,23). The van der Waals surface area contributed by atoms with Gasteiger partial charge in [-0.2, -0.15) is 0 Å². The van der Waals surface area contributed by atoms with Crippen molar-refractivity contribution in [3.05, 3.63) is 39.9 Å². The number of nitrogens with zero attached hydrogens (tertiary/aromatic N) is 2. The molecule has 0 bridgehead atoms. The third kappa shape index (κ3) is 2.87. The van der Waals surface area contributed by atoms with Crippen molar-refractivity contribution < 1.29 is 13.9 Å². The van der Waals surface area contributed by atoms with Crippen molar-refractivity contribution in [1.29, 1.82) is 0 Å². The molecule has 2 N–H and O–H groups in total. The van der Waals surface area contributed by atoms with E-state index in [4.69, 9.17) is 10.5 Å². The number of aromatic nitrogens is 1. The smallest absolute Gasteiger partial charge is 0.254 e. The van der Waals surface area contributed by atoms with Crippen LogP contribution in [0.1, 0.15) is 23.7 Å². The molecule has 0 saturated carbocycles. The number of aryl methyl sites for hydroxylation is 1. The lowest BCUT2D eigenvalue weighted by molar-refractivity contribution is 0.0998. The van der Waals surface area contributed by atoms with E-state index in [-0.39, 0.29) is 10.9 Å². The van der Waals surface area contributed by atoms with Gasteiger partial charge in [0.05, 0.1) is 24.4 Å². The summed E-state index contributed by atoms with van der Waals surface area (Å²) in [6, 6.07) is 2.89. The van der Waals surface area contributed by atoms with Crippen molar-refractivity contribution >= 4 is 22.5 Å². The van der Waals surface area contributed by atoms with Crippen LogP contribution >= 0.6 is 0 Å². The first kappa shape index (κ1) is 16.4. The van der Waals surface area contributed by atoms with Gasteiger partial charge in [0.15, 0.2) is 0 Å².